The summed E-state index contributed by atoms with van der Waals surface area (Å²) < 4.78 is 30.2. The van der Waals surface area contributed by atoms with Crippen LogP contribution >= 0.6 is 0 Å². The summed E-state index contributed by atoms with van der Waals surface area (Å²) in [6.45, 7) is 5.85. The van der Waals surface area contributed by atoms with E-state index in [1.807, 2.05) is 55.5 Å². The number of carbonyl (C=O) groups is 1. The number of fused-ring (bicyclic) bond motifs is 2. The van der Waals surface area contributed by atoms with Gasteiger partial charge < -0.3 is 4.90 Å². The van der Waals surface area contributed by atoms with Crippen molar-refractivity contribution in [2.75, 3.05) is 15.7 Å². The molecule has 0 saturated carbocycles. The van der Waals surface area contributed by atoms with Crippen molar-refractivity contribution >= 4 is 27.3 Å². The summed E-state index contributed by atoms with van der Waals surface area (Å²) in [7, 11) is -3.78. The summed E-state index contributed by atoms with van der Waals surface area (Å²) in [4.78, 5) is 15.2. The maximum atomic E-state index is 13.6. The molecule has 32 heavy (non-hydrogen) atoms. The Morgan fingerprint density at radius 1 is 1.03 bits per heavy atom. The Bertz CT molecular complexity index is 1330. The SMILES string of the molecule is Cc1nn(CC(=O)N2c3ccccc3CC2C)c(C)c1S(=O)(=O)N1CCc2ccccc21. The number of aryl methyl sites for hydroxylation is 1. The fourth-order valence-corrected chi connectivity index (χ4v) is 6.91. The third-order valence-electron chi connectivity index (χ3n) is 6.47. The predicted octanol–water partition coefficient (Wildman–Crippen LogP) is 3.23. The molecule has 0 bridgehead atoms. The van der Waals surface area contributed by atoms with Gasteiger partial charge in [0.25, 0.3) is 10.0 Å². The van der Waals surface area contributed by atoms with Crippen LogP contribution in [0.1, 0.15) is 29.4 Å². The lowest BCUT2D eigenvalue weighted by Crippen LogP contribution is -2.38. The Hall–Kier alpha value is -3.13. The number of benzene rings is 2. The topological polar surface area (TPSA) is 75.5 Å². The molecule has 0 N–H and O–H groups in total. The third-order valence-corrected chi connectivity index (χ3v) is 8.53. The van der Waals surface area contributed by atoms with Crippen LogP contribution in [0.4, 0.5) is 11.4 Å². The molecule has 1 unspecified atom stereocenters. The Morgan fingerprint density at radius 3 is 2.44 bits per heavy atom. The average Bonchev–Trinajstić information content (AvgIpc) is 3.41. The maximum absolute atomic E-state index is 13.6. The van der Waals surface area contributed by atoms with Crippen LogP contribution in [0.3, 0.4) is 0 Å². The van der Waals surface area contributed by atoms with Crippen molar-refractivity contribution < 1.29 is 13.2 Å². The van der Waals surface area contributed by atoms with Crippen molar-refractivity contribution in [1.82, 2.24) is 9.78 Å². The van der Waals surface area contributed by atoms with Gasteiger partial charge in [-0.1, -0.05) is 36.4 Å². The molecule has 0 spiro atoms. The molecular weight excluding hydrogens is 424 g/mol. The average molecular weight is 451 g/mol. The normalized spacial score (nSPS) is 17.5. The number of carbonyl (C=O) groups excluding carboxylic acids is 1. The number of hydrogen-bond acceptors (Lipinski definition) is 4. The fraction of sp³-hybridized carbons (Fsp3) is 0.333. The summed E-state index contributed by atoms with van der Waals surface area (Å²) in [6, 6.07) is 15.5. The summed E-state index contributed by atoms with van der Waals surface area (Å²) >= 11 is 0. The van der Waals surface area contributed by atoms with E-state index in [1.54, 1.807) is 18.7 Å². The Labute approximate surface area is 188 Å². The lowest BCUT2D eigenvalue weighted by atomic mass is 10.1. The quantitative estimate of drug-likeness (QED) is 0.612. The molecule has 3 aromatic rings. The van der Waals surface area contributed by atoms with Crippen LogP contribution in [-0.4, -0.2) is 36.7 Å². The van der Waals surface area contributed by atoms with Crippen molar-refractivity contribution in [3.8, 4) is 0 Å². The second-order valence-corrected chi connectivity index (χ2v) is 10.4. The number of amides is 1. The highest BCUT2D eigenvalue weighted by molar-refractivity contribution is 7.93. The molecule has 1 amide bonds. The van der Waals surface area contributed by atoms with Crippen LogP contribution in [0.25, 0.3) is 0 Å². The molecule has 2 aliphatic heterocycles. The minimum absolute atomic E-state index is 0.00253. The van der Waals surface area contributed by atoms with E-state index in [2.05, 4.69) is 5.10 Å². The number of nitrogens with zero attached hydrogens (tertiary/aromatic N) is 4. The molecule has 2 aromatic carbocycles. The molecular formula is C24H26N4O3S. The fourth-order valence-electron chi connectivity index (χ4n) is 5.03. The van der Waals surface area contributed by atoms with E-state index in [9.17, 15) is 13.2 Å². The van der Waals surface area contributed by atoms with E-state index in [-0.39, 0.29) is 23.4 Å². The van der Waals surface area contributed by atoms with Gasteiger partial charge in [-0.2, -0.15) is 5.10 Å². The standard InChI is InChI=1S/C24H26N4O3S/c1-16-14-20-9-5-7-11-22(20)28(16)23(29)15-26-18(3)24(17(2)25-26)32(30,31)27-13-12-19-8-4-6-10-21(19)27/h4-11,16H,12-15H2,1-3H3. The van der Waals surface area contributed by atoms with Crippen LogP contribution in [0, 0.1) is 13.8 Å². The highest BCUT2D eigenvalue weighted by atomic mass is 32.2. The number of hydrogen-bond donors (Lipinski definition) is 0. The summed E-state index contributed by atoms with van der Waals surface area (Å²) in [6.07, 6.45) is 1.50. The van der Waals surface area contributed by atoms with E-state index in [4.69, 9.17) is 0 Å². The monoisotopic (exact) mass is 450 g/mol. The smallest absolute Gasteiger partial charge is 0.268 e. The zero-order valence-corrected chi connectivity index (χ0v) is 19.3. The number of anilines is 2. The number of rotatable bonds is 4. The van der Waals surface area contributed by atoms with Gasteiger partial charge in [-0.25, -0.2) is 8.42 Å². The largest absolute Gasteiger partial charge is 0.307 e. The first-order chi connectivity index (χ1) is 15.3. The Balaban J connectivity index is 1.46. The van der Waals surface area contributed by atoms with Gasteiger partial charge in [-0.15, -0.1) is 0 Å². The maximum Gasteiger partial charge on any atom is 0.268 e. The van der Waals surface area contributed by atoms with Crippen molar-refractivity contribution in [2.24, 2.45) is 0 Å². The predicted molar refractivity (Wildman–Crippen MR) is 123 cm³/mol. The second kappa shape index (κ2) is 7.48. The van der Waals surface area contributed by atoms with Gasteiger partial charge in [-0.05, 0) is 56.9 Å². The molecule has 0 aliphatic carbocycles. The van der Waals surface area contributed by atoms with Gasteiger partial charge in [0.15, 0.2) is 0 Å². The van der Waals surface area contributed by atoms with E-state index in [0.717, 1.165) is 28.9 Å². The summed E-state index contributed by atoms with van der Waals surface area (Å²) in [5.41, 5.74) is 4.72. The lowest BCUT2D eigenvalue weighted by Gasteiger charge is -2.23. The van der Waals surface area contributed by atoms with Crippen LogP contribution in [0.2, 0.25) is 0 Å². The van der Waals surface area contributed by atoms with Crippen LogP contribution in [0.15, 0.2) is 53.4 Å². The van der Waals surface area contributed by atoms with Gasteiger partial charge in [0, 0.05) is 18.3 Å². The lowest BCUT2D eigenvalue weighted by molar-refractivity contribution is -0.119. The molecule has 1 aromatic heterocycles. The van der Waals surface area contributed by atoms with Gasteiger partial charge in [0.1, 0.15) is 11.4 Å². The van der Waals surface area contributed by atoms with Gasteiger partial charge in [-0.3, -0.25) is 13.8 Å². The number of aromatic nitrogens is 2. The number of para-hydroxylation sites is 2. The Kier molecular flexibility index (Phi) is 4.85. The van der Waals surface area contributed by atoms with Crippen LogP contribution in [-0.2, 0) is 34.2 Å². The van der Waals surface area contributed by atoms with Crippen LogP contribution < -0.4 is 9.21 Å². The first-order valence-electron chi connectivity index (χ1n) is 10.8. The minimum Gasteiger partial charge on any atom is -0.307 e. The first kappa shape index (κ1) is 20.8. The molecule has 7 nitrogen and oxygen atoms in total. The van der Waals surface area contributed by atoms with E-state index < -0.39 is 10.0 Å². The van der Waals surface area contributed by atoms with Gasteiger partial charge in [0.05, 0.1) is 17.1 Å². The molecule has 166 valence electrons. The second-order valence-electron chi connectivity index (χ2n) is 8.56. The molecule has 1 atom stereocenters. The Morgan fingerprint density at radius 2 is 1.69 bits per heavy atom. The zero-order chi connectivity index (χ0) is 22.6. The molecule has 5 rings (SSSR count). The molecule has 0 saturated heterocycles. The summed E-state index contributed by atoms with van der Waals surface area (Å²) in [5.74, 6) is -0.0940. The molecule has 3 heterocycles. The van der Waals surface area contributed by atoms with Crippen LogP contribution in [0.5, 0.6) is 0 Å². The third kappa shape index (κ3) is 3.12. The highest BCUT2D eigenvalue weighted by Gasteiger charge is 2.36. The zero-order valence-electron chi connectivity index (χ0n) is 18.4. The van der Waals surface area contributed by atoms with Crippen molar-refractivity contribution in [1.29, 1.82) is 0 Å². The highest BCUT2D eigenvalue weighted by Crippen LogP contribution is 2.35. The van der Waals surface area contributed by atoms with Crippen molar-refractivity contribution in [3.05, 3.63) is 71.0 Å². The van der Waals surface area contributed by atoms with E-state index in [0.29, 0.717) is 24.4 Å². The molecule has 8 heteroatoms. The summed E-state index contributed by atoms with van der Waals surface area (Å²) in [5, 5.41) is 4.46. The van der Waals surface area contributed by atoms with Gasteiger partial charge in [0.2, 0.25) is 5.91 Å². The van der Waals surface area contributed by atoms with E-state index in [1.165, 1.54) is 8.99 Å². The molecule has 0 radical (unpaired) electrons. The molecule has 2 aliphatic rings. The first-order valence-corrected chi connectivity index (χ1v) is 12.3. The minimum atomic E-state index is -3.78. The molecule has 0 fully saturated rings. The van der Waals surface area contributed by atoms with Crippen molar-refractivity contribution in [2.45, 2.75) is 51.1 Å². The van der Waals surface area contributed by atoms with Crippen molar-refractivity contribution in [3.63, 3.8) is 0 Å². The van der Waals surface area contributed by atoms with Gasteiger partial charge >= 0.3 is 0 Å². The number of sulfonamides is 1. The van der Waals surface area contributed by atoms with E-state index >= 15 is 0 Å².